The molecular formula is C28H24FN3O8. The fraction of sp³-hybridized carbons (Fsp3) is 0.179. The van der Waals surface area contributed by atoms with Crippen molar-refractivity contribution in [3.8, 4) is 11.5 Å². The van der Waals surface area contributed by atoms with Crippen molar-refractivity contribution in [3.63, 3.8) is 0 Å². The first-order valence-corrected chi connectivity index (χ1v) is 11.9. The van der Waals surface area contributed by atoms with Crippen molar-refractivity contribution < 1.29 is 42.6 Å². The van der Waals surface area contributed by atoms with Crippen LogP contribution in [0.5, 0.6) is 11.5 Å². The Morgan fingerprint density at radius 2 is 1.50 bits per heavy atom. The second-order valence-corrected chi connectivity index (χ2v) is 8.55. The van der Waals surface area contributed by atoms with E-state index in [1.54, 1.807) is 6.07 Å². The van der Waals surface area contributed by atoms with Gasteiger partial charge in [0.15, 0.2) is 23.9 Å². The van der Waals surface area contributed by atoms with E-state index < -0.39 is 47.9 Å². The number of hydrogen-bond donors (Lipinski definition) is 2. The summed E-state index contributed by atoms with van der Waals surface area (Å²) in [6, 6.07) is 13.8. The molecule has 2 N–H and O–H groups in total. The number of ether oxygens (including phenoxy) is 3. The highest BCUT2D eigenvalue weighted by atomic mass is 19.1. The van der Waals surface area contributed by atoms with E-state index in [-0.39, 0.29) is 28.8 Å². The van der Waals surface area contributed by atoms with Crippen molar-refractivity contribution in [2.24, 2.45) is 0 Å². The molecule has 40 heavy (non-hydrogen) atoms. The molecule has 1 aliphatic rings. The van der Waals surface area contributed by atoms with Gasteiger partial charge in [-0.2, -0.15) is 0 Å². The molecule has 11 nitrogen and oxygen atoms in total. The number of hydrogen-bond acceptors (Lipinski definition) is 9. The summed E-state index contributed by atoms with van der Waals surface area (Å²) in [5.41, 5.74) is 5.74. The summed E-state index contributed by atoms with van der Waals surface area (Å²) in [5, 5.41) is 0. The summed E-state index contributed by atoms with van der Waals surface area (Å²) in [6.45, 7) is -0.544. The smallest absolute Gasteiger partial charge is 0.338 e. The molecule has 1 atom stereocenters. The van der Waals surface area contributed by atoms with Gasteiger partial charge < -0.3 is 14.2 Å². The van der Waals surface area contributed by atoms with Crippen LogP contribution in [0.2, 0.25) is 0 Å². The monoisotopic (exact) mass is 549 g/mol. The van der Waals surface area contributed by atoms with Crippen molar-refractivity contribution in [1.82, 2.24) is 10.9 Å². The number of benzene rings is 3. The van der Waals surface area contributed by atoms with Crippen LogP contribution >= 0.6 is 0 Å². The van der Waals surface area contributed by atoms with Crippen LogP contribution in [0, 0.1) is 5.82 Å². The predicted octanol–water partition coefficient (Wildman–Crippen LogP) is 2.45. The van der Waals surface area contributed by atoms with E-state index in [1.807, 2.05) is 0 Å². The van der Waals surface area contributed by atoms with Crippen LogP contribution in [-0.4, -0.2) is 56.3 Å². The maximum atomic E-state index is 13.0. The Labute approximate surface area is 227 Å². The predicted molar refractivity (Wildman–Crippen MR) is 139 cm³/mol. The van der Waals surface area contributed by atoms with Gasteiger partial charge in [-0.3, -0.25) is 24.6 Å². The Kier molecular flexibility index (Phi) is 8.50. The number of hydrazine groups is 1. The highest BCUT2D eigenvalue weighted by molar-refractivity contribution is 6.22. The van der Waals surface area contributed by atoms with E-state index in [0.29, 0.717) is 11.5 Å². The van der Waals surface area contributed by atoms with E-state index >= 15 is 0 Å². The largest absolute Gasteiger partial charge is 0.493 e. The lowest BCUT2D eigenvalue weighted by molar-refractivity contribution is -0.121. The molecule has 1 heterocycles. The van der Waals surface area contributed by atoms with Crippen molar-refractivity contribution in [1.29, 1.82) is 0 Å². The molecule has 0 bridgehead atoms. The minimum Gasteiger partial charge on any atom is -0.493 e. The Balaban J connectivity index is 1.33. The summed E-state index contributed by atoms with van der Waals surface area (Å²) in [5.74, 6) is -2.67. The average molecular weight is 550 g/mol. The van der Waals surface area contributed by atoms with Crippen LogP contribution in [0.15, 0.2) is 66.7 Å². The van der Waals surface area contributed by atoms with Crippen molar-refractivity contribution in [2.45, 2.75) is 12.5 Å². The lowest BCUT2D eigenvalue weighted by atomic mass is 10.1. The van der Waals surface area contributed by atoms with Crippen LogP contribution in [0.25, 0.3) is 0 Å². The minimum atomic E-state index is -1.02. The minimum absolute atomic E-state index is 0.0895. The highest BCUT2D eigenvalue weighted by Gasteiger charge is 2.39. The number of Topliss-reactive ketones (excluding diaryl/α,β-unsaturated/α-hetero) is 1. The van der Waals surface area contributed by atoms with E-state index in [9.17, 15) is 28.4 Å². The van der Waals surface area contributed by atoms with Gasteiger partial charge in [0.1, 0.15) is 11.9 Å². The molecule has 1 saturated heterocycles. The maximum Gasteiger partial charge on any atom is 0.338 e. The fourth-order valence-corrected chi connectivity index (χ4v) is 3.90. The van der Waals surface area contributed by atoms with Crippen LogP contribution in [0.4, 0.5) is 10.1 Å². The normalized spacial score (nSPS) is 14.6. The van der Waals surface area contributed by atoms with Gasteiger partial charge >= 0.3 is 5.97 Å². The number of ketones is 1. The molecule has 1 aliphatic heterocycles. The number of anilines is 1. The van der Waals surface area contributed by atoms with Gasteiger partial charge in [-0.25, -0.2) is 19.5 Å². The number of halogens is 1. The number of rotatable bonds is 10. The molecule has 0 aromatic heterocycles. The second kappa shape index (κ2) is 12.2. The van der Waals surface area contributed by atoms with Gasteiger partial charge in [-0.1, -0.05) is 0 Å². The average Bonchev–Trinajstić information content (AvgIpc) is 3.26. The summed E-state index contributed by atoms with van der Waals surface area (Å²) < 4.78 is 28.4. The summed E-state index contributed by atoms with van der Waals surface area (Å²) in [6.07, 6.45) is -0.208. The van der Waals surface area contributed by atoms with E-state index in [2.05, 4.69) is 10.9 Å². The van der Waals surface area contributed by atoms with Crippen molar-refractivity contribution >= 4 is 35.2 Å². The first-order valence-electron chi connectivity index (χ1n) is 11.9. The Morgan fingerprint density at radius 1 is 0.875 bits per heavy atom. The zero-order chi connectivity index (χ0) is 28.8. The molecule has 0 saturated carbocycles. The van der Waals surface area contributed by atoms with Crippen LogP contribution in [0.1, 0.15) is 37.5 Å². The van der Waals surface area contributed by atoms with Gasteiger partial charge in [0, 0.05) is 11.1 Å². The first kappa shape index (κ1) is 27.9. The summed E-state index contributed by atoms with van der Waals surface area (Å²) in [7, 11) is 2.90. The van der Waals surface area contributed by atoms with Crippen molar-refractivity contribution in [3.05, 3.63) is 89.2 Å². The number of imide groups is 1. The number of nitrogens with one attached hydrogen (secondary N) is 2. The maximum absolute atomic E-state index is 13.0. The third kappa shape index (κ3) is 6.13. The van der Waals surface area contributed by atoms with Gasteiger partial charge in [-0.15, -0.1) is 0 Å². The molecule has 3 amide bonds. The fourth-order valence-electron chi connectivity index (χ4n) is 3.90. The number of amides is 3. The second-order valence-electron chi connectivity index (χ2n) is 8.55. The zero-order valence-corrected chi connectivity index (χ0v) is 21.4. The third-order valence-electron chi connectivity index (χ3n) is 6.01. The molecule has 3 aromatic rings. The Morgan fingerprint density at radius 3 is 2.15 bits per heavy atom. The zero-order valence-electron chi connectivity index (χ0n) is 21.4. The van der Waals surface area contributed by atoms with Crippen LogP contribution < -0.4 is 25.2 Å². The SMILES string of the molecule is COc1ccc(C(=O)NNC2CC(=O)N(c3ccc(C(=O)OCC(=O)c4ccc(F)cc4)cc3)C2=O)cc1OC. The molecule has 4 rings (SSSR count). The van der Waals surface area contributed by atoms with E-state index in [1.165, 1.54) is 62.8 Å². The number of esters is 1. The number of carbonyl (C=O) groups is 5. The Hall–Kier alpha value is -5.10. The van der Waals surface area contributed by atoms with Crippen LogP contribution in [-0.2, 0) is 14.3 Å². The molecular weight excluding hydrogens is 525 g/mol. The molecule has 0 aliphatic carbocycles. The van der Waals surface area contributed by atoms with Crippen molar-refractivity contribution in [2.75, 3.05) is 25.7 Å². The summed E-state index contributed by atoms with van der Waals surface area (Å²) >= 11 is 0. The molecule has 206 valence electrons. The molecule has 0 radical (unpaired) electrons. The van der Waals surface area contributed by atoms with Gasteiger partial charge in [0.25, 0.3) is 11.8 Å². The molecule has 1 fully saturated rings. The van der Waals surface area contributed by atoms with Gasteiger partial charge in [-0.05, 0) is 66.7 Å². The number of methoxy groups -OCH3 is 2. The van der Waals surface area contributed by atoms with Gasteiger partial charge in [0.05, 0.1) is 31.9 Å². The van der Waals surface area contributed by atoms with E-state index in [0.717, 1.165) is 17.0 Å². The third-order valence-corrected chi connectivity index (χ3v) is 6.01. The number of carbonyl (C=O) groups excluding carboxylic acids is 5. The standard InChI is InChI=1S/C28H24FN3O8/c1-38-23-12-7-18(13-24(23)39-2)26(35)31-30-21-14-25(34)32(27(21)36)20-10-5-17(6-11-20)28(37)40-15-22(33)16-3-8-19(29)9-4-16/h3-13,21,30H,14-15H2,1-2H3,(H,31,35). The quantitative estimate of drug-likeness (QED) is 0.169. The lowest BCUT2D eigenvalue weighted by Crippen LogP contribution is -2.48. The molecule has 0 spiro atoms. The topological polar surface area (TPSA) is 140 Å². The lowest BCUT2D eigenvalue weighted by Gasteiger charge is -2.16. The van der Waals surface area contributed by atoms with Gasteiger partial charge in [0.2, 0.25) is 5.91 Å². The molecule has 3 aromatic carbocycles. The Bertz CT molecular complexity index is 1460. The summed E-state index contributed by atoms with van der Waals surface area (Å²) in [4.78, 5) is 63.4. The number of nitrogens with zero attached hydrogens (tertiary/aromatic N) is 1. The van der Waals surface area contributed by atoms with Crippen LogP contribution in [0.3, 0.4) is 0 Å². The molecule has 1 unspecified atom stereocenters. The first-order chi connectivity index (χ1) is 19.2. The highest BCUT2D eigenvalue weighted by Crippen LogP contribution is 2.27. The van der Waals surface area contributed by atoms with E-state index in [4.69, 9.17) is 14.2 Å². The molecule has 12 heteroatoms.